The lowest BCUT2D eigenvalue weighted by Crippen LogP contribution is -2.59. The van der Waals surface area contributed by atoms with Gasteiger partial charge in [0.1, 0.15) is 0 Å². The molecule has 3 aliphatic heterocycles. The van der Waals surface area contributed by atoms with Crippen LogP contribution in [-0.4, -0.2) is 106 Å². The van der Waals surface area contributed by atoms with E-state index in [2.05, 4.69) is 68.4 Å². The molecule has 0 aromatic rings. The van der Waals surface area contributed by atoms with Crippen molar-refractivity contribution in [3.05, 3.63) is 0 Å². The maximum Gasteiger partial charge on any atom is 0.223 e. The van der Waals surface area contributed by atoms with E-state index < -0.39 is 0 Å². The van der Waals surface area contributed by atoms with E-state index in [-0.39, 0.29) is 36.2 Å². The number of nitrogens with zero attached hydrogens (tertiary/aromatic N) is 1. The third-order valence-electron chi connectivity index (χ3n) is 9.71. The molecule has 3 saturated heterocycles. The molecule has 1 amide bonds. The summed E-state index contributed by atoms with van der Waals surface area (Å²) < 4.78 is 0. The Morgan fingerprint density at radius 2 is 1.90 bits per heavy atom. The molecule has 0 aromatic carbocycles. The van der Waals surface area contributed by atoms with E-state index in [0.717, 1.165) is 97.6 Å². The van der Waals surface area contributed by atoms with Crippen molar-refractivity contribution in [1.29, 1.82) is 0 Å². The second-order valence-electron chi connectivity index (χ2n) is 13.4. The molecule has 9 N–H and O–H groups in total. The lowest BCUT2D eigenvalue weighted by atomic mass is 9.83. The molecule has 0 aromatic heterocycles. The highest BCUT2D eigenvalue weighted by Gasteiger charge is 2.38. The summed E-state index contributed by atoms with van der Waals surface area (Å²) in [6.07, 6.45) is 7.97. The van der Waals surface area contributed by atoms with Crippen LogP contribution >= 0.6 is 0 Å². The monoisotopic (exact) mass is 565 g/mol. The molecule has 3 heterocycles. The Hall–Kier alpha value is -0.890. The number of amides is 1. The molecule has 4 rings (SSSR count). The summed E-state index contributed by atoms with van der Waals surface area (Å²) in [7, 11) is 0. The fourth-order valence-electron chi connectivity index (χ4n) is 6.94. The Morgan fingerprint density at radius 3 is 2.67 bits per heavy atom. The van der Waals surface area contributed by atoms with Crippen LogP contribution in [-0.2, 0) is 4.79 Å². The second kappa shape index (κ2) is 16.1. The number of hydrogen-bond acceptors (Lipinski definition) is 10. The lowest BCUT2D eigenvalue weighted by molar-refractivity contribution is -0.126. The summed E-state index contributed by atoms with van der Waals surface area (Å²) in [5, 5.41) is 30.8. The van der Waals surface area contributed by atoms with Crippen molar-refractivity contribution >= 4 is 5.91 Å². The van der Waals surface area contributed by atoms with Crippen molar-refractivity contribution in [2.75, 3.05) is 65.6 Å². The first-order valence-electron chi connectivity index (χ1n) is 16.1. The number of hydrazine groups is 1. The van der Waals surface area contributed by atoms with Crippen molar-refractivity contribution < 1.29 is 9.90 Å². The van der Waals surface area contributed by atoms with E-state index in [1.54, 1.807) is 0 Å². The van der Waals surface area contributed by atoms with Gasteiger partial charge in [0, 0.05) is 69.4 Å². The number of rotatable bonds is 14. The van der Waals surface area contributed by atoms with Crippen molar-refractivity contribution in [3.63, 3.8) is 0 Å². The van der Waals surface area contributed by atoms with E-state index >= 15 is 0 Å². The minimum atomic E-state index is -0.117. The van der Waals surface area contributed by atoms with Gasteiger partial charge in [-0.15, -0.1) is 0 Å². The van der Waals surface area contributed by atoms with E-state index in [9.17, 15) is 9.90 Å². The molecule has 0 bridgehead atoms. The standard InChI is InChI=1S/C29H59N9O2/c1-4-21-15-30-10-8-23(21)16-34-28(40)22-6-5-7-24(14-22)33-17-26-36-37-27(25-9-11-32-20-35-25)38(26)13-12-31-18-29(2,3)19-39/h21-27,30-33,35-37,39H,4-20H2,1-3H3,(H,34,40). The van der Waals surface area contributed by atoms with Crippen LogP contribution in [0.4, 0.5) is 0 Å². The lowest BCUT2D eigenvalue weighted by Gasteiger charge is -2.37. The van der Waals surface area contributed by atoms with Crippen LogP contribution in [0.2, 0.25) is 0 Å². The third-order valence-corrected chi connectivity index (χ3v) is 9.71. The van der Waals surface area contributed by atoms with Gasteiger partial charge in [0.25, 0.3) is 0 Å². The van der Waals surface area contributed by atoms with E-state index in [1.807, 2.05) is 0 Å². The van der Waals surface area contributed by atoms with Crippen LogP contribution in [0, 0.1) is 23.2 Å². The van der Waals surface area contributed by atoms with Gasteiger partial charge in [0.05, 0.1) is 12.3 Å². The van der Waals surface area contributed by atoms with Crippen LogP contribution in [0.5, 0.6) is 0 Å². The first-order valence-corrected chi connectivity index (χ1v) is 16.1. The maximum absolute atomic E-state index is 13.1. The smallest absolute Gasteiger partial charge is 0.223 e. The molecule has 40 heavy (non-hydrogen) atoms. The molecule has 7 atom stereocenters. The van der Waals surface area contributed by atoms with Gasteiger partial charge in [-0.3, -0.25) is 15.0 Å². The number of aliphatic hydroxyl groups is 1. The number of piperidine rings is 1. The number of carbonyl (C=O) groups excluding carboxylic acids is 1. The summed E-state index contributed by atoms with van der Waals surface area (Å²) >= 11 is 0. The average Bonchev–Trinajstić information content (AvgIpc) is 3.40. The molecule has 11 heteroatoms. The average molecular weight is 566 g/mol. The predicted octanol–water partition coefficient (Wildman–Crippen LogP) is -0.534. The van der Waals surface area contributed by atoms with Crippen molar-refractivity contribution in [1.82, 2.24) is 47.7 Å². The summed E-state index contributed by atoms with van der Waals surface area (Å²) in [6.45, 7) is 14.9. The van der Waals surface area contributed by atoms with Gasteiger partial charge in [0.15, 0.2) is 0 Å². The molecule has 1 aliphatic carbocycles. The van der Waals surface area contributed by atoms with Crippen molar-refractivity contribution in [2.45, 2.75) is 90.1 Å². The molecule has 0 spiro atoms. The Bertz CT molecular complexity index is 751. The highest BCUT2D eigenvalue weighted by atomic mass is 16.3. The Kier molecular flexibility index (Phi) is 12.9. The van der Waals surface area contributed by atoms with Crippen LogP contribution in [0.1, 0.15) is 65.7 Å². The van der Waals surface area contributed by atoms with E-state index in [4.69, 9.17) is 0 Å². The van der Waals surface area contributed by atoms with Gasteiger partial charge in [-0.05, 0) is 63.6 Å². The summed E-state index contributed by atoms with van der Waals surface area (Å²) in [6, 6.07) is 0.748. The minimum Gasteiger partial charge on any atom is -0.396 e. The van der Waals surface area contributed by atoms with Gasteiger partial charge in [-0.25, -0.2) is 10.9 Å². The fraction of sp³-hybridized carbons (Fsp3) is 0.966. The van der Waals surface area contributed by atoms with Crippen molar-refractivity contribution in [2.24, 2.45) is 23.2 Å². The van der Waals surface area contributed by atoms with Crippen molar-refractivity contribution in [3.8, 4) is 0 Å². The maximum atomic E-state index is 13.1. The second-order valence-corrected chi connectivity index (χ2v) is 13.4. The molecule has 4 aliphatic rings. The third kappa shape index (κ3) is 9.31. The number of nitrogens with one attached hydrogen (secondary N) is 8. The van der Waals surface area contributed by atoms with Gasteiger partial charge < -0.3 is 31.7 Å². The quantitative estimate of drug-likeness (QED) is 0.126. The SMILES string of the molecule is CCC1CNCCC1CNC(=O)C1CCCC(NCC2NNC(C3CCNCN3)N2CCNCC(C)(C)CO)C1. The summed E-state index contributed by atoms with van der Waals surface area (Å²) in [4.78, 5) is 15.7. The zero-order valence-corrected chi connectivity index (χ0v) is 25.4. The zero-order chi connectivity index (χ0) is 28.4. The number of aliphatic hydroxyl groups excluding tert-OH is 1. The molecule has 7 unspecified atom stereocenters. The first kappa shape index (κ1) is 32.0. The molecule has 0 radical (unpaired) electrons. The molecule has 1 saturated carbocycles. The van der Waals surface area contributed by atoms with Crippen LogP contribution in [0.15, 0.2) is 0 Å². The normalized spacial score (nSPS) is 34.1. The molecule has 4 fully saturated rings. The van der Waals surface area contributed by atoms with Gasteiger partial charge in [-0.1, -0.05) is 33.6 Å². The Labute approximate surface area is 242 Å². The van der Waals surface area contributed by atoms with Gasteiger partial charge in [0.2, 0.25) is 5.91 Å². The largest absolute Gasteiger partial charge is 0.396 e. The molecular weight excluding hydrogens is 506 g/mol. The number of hydrogen-bond donors (Lipinski definition) is 9. The highest BCUT2D eigenvalue weighted by molar-refractivity contribution is 5.78. The molecule has 11 nitrogen and oxygen atoms in total. The fourth-order valence-corrected chi connectivity index (χ4v) is 6.94. The molecule has 232 valence electrons. The number of carbonyl (C=O) groups is 1. The Balaban J connectivity index is 1.25. The van der Waals surface area contributed by atoms with E-state index in [0.29, 0.717) is 23.9 Å². The van der Waals surface area contributed by atoms with Gasteiger partial charge in [-0.2, -0.15) is 0 Å². The van der Waals surface area contributed by atoms with Gasteiger partial charge >= 0.3 is 0 Å². The topological polar surface area (TPSA) is 137 Å². The Morgan fingerprint density at radius 1 is 1.05 bits per heavy atom. The zero-order valence-electron chi connectivity index (χ0n) is 25.4. The predicted molar refractivity (Wildman–Crippen MR) is 160 cm³/mol. The first-order chi connectivity index (χ1) is 19.4. The molecular formula is C29H59N9O2. The summed E-state index contributed by atoms with van der Waals surface area (Å²) in [5.74, 6) is 1.65. The summed E-state index contributed by atoms with van der Waals surface area (Å²) in [5.41, 5.74) is 7.02. The van der Waals surface area contributed by atoms with Crippen LogP contribution in [0.3, 0.4) is 0 Å². The minimum absolute atomic E-state index is 0.115. The van der Waals surface area contributed by atoms with E-state index in [1.165, 1.54) is 6.42 Å². The van der Waals surface area contributed by atoms with Crippen LogP contribution in [0.25, 0.3) is 0 Å². The van der Waals surface area contributed by atoms with Crippen LogP contribution < -0.4 is 42.8 Å². The highest BCUT2D eigenvalue weighted by Crippen LogP contribution is 2.26.